The van der Waals surface area contributed by atoms with E-state index in [-0.39, 0.29) is 16.5 Å². The first kappa shape index (κ1) is 20.5. The highest BCUT2D eigenvalue weighted by molar-refractivity contribution is 7.89. The van der Waals surface area contributed by atoms with Gasteiger partial charge in [-0.25, -0.2) is 18.2 Å². The largest absolute Gasteiger partial charge is 0.402 e. The molecule has 0 aliphatic carbocycles. The number of nitriles is 1. The molecule has 29 heavy (non-hydrogen) atoms. The summed E-state index contributed by atoms with van der Waals surface area (Å²) in [4.78, 5) is 16.5. The van der Waals surface area contributed by atoms with E-state index in [2.05, 4.69) is 4.99 Å². The third-order valence-electron chi connectivity index (χ3n) is 4.38. The Balaban J connectivity index is 1.88. The van der Waals surface area contributed by atoms with Crippen LogP contribution in [0.2, 0.25) is 0 Å². The molecule has 0 bridgehead atoms. The van der Waals surface area contributed by atoms with Crippen LogP contribution in [0, 0.1) is 11.3 Å². The number of carbonyl (C=O) groups excluding carboxylic acids is 1. The Morgan fingerprint density at radius 3 is 2.45 bits per heavy atom. The van der Waals surface area contributed by atoms with Gasteiger partial charge in [-0.2, -0.15) is 9.57 Å². The summed E-state index contributed by atoms with van der Waals surface area (Å²) in [6, 6.07) is 14.9. The van der Waals surface area contributed by atoms with Gasteiger partial charge in [0.15, 0.2) is 5.70 Å². The smallest absolute Gasteiger partial charge is 0.363 e. The molecule has 1 aliphatic rings. The van der Waals surface area contributed by atoms with Crippen LogP contribution in [-0.4, -0.2) is 37.7 Å². The van der Waals surface area contributed by atoms with E-state index in [9.17, 15) is 13.2 Å². The molecule has 0 aromatic heterocycles. The van der Waals surface area contributed by atoms with E-state index in [0.717, 1.165) is 0 Å². The Bertz CT molecular complexity index is 1140. The molecule has 0 spiro atoms. The van der Waals surface area contributed by atoms with Crippen LogP contribution in [0.15, 0.2) is 64.1 Å². The first-order chi connectivity index (χ1) is 13.9. The minimum Gasteiger partial charge on any atom is -0.402 e. The molecule has 0 saturated carbocycles. The maximum absolute atomic E-state index is 12.6. The quantitative estimate of drug-likeness (QED) is 0.539. The predicted molar refractivity (Wildman–Crippen MR) is 108 cm³/mol. The molecule has 1 aliphatic heterocycles. The van der Waals surface area contributed by atoms with Crippen molar-refractivity contribution in [1.29, 1.82) is 5.26 Å². The fraction of sp³-hybridized carbons (Fsp3) is 0.190. The van der Waals surface area contributed by atoms with Crippen LogP contribution in [0.25, 0.3) is 6.08 Å². The monoisotopic (exact) mass is 409 g/mol. The average molecular weight is 409 g/mol. The number of esters is 1. The van der Waals surface area contributed by atoms with Crippen LogP contribution >= 0.6 is 0 Å². The van der Waals surface area contributed by atoms with Gasteiger partial charge < -0.3 is 4.74 Å². The number of benzene rings is 2. The molecule has 0 saturated heterocycles. The van der Waals surface area contributed by atoms with Gasteiger partial charge in [-0.3, -0.25) is 0 Å². The van der Waals surface area contributed by atoms with Gasteiger partial charge in [0.25, 0.3) is 0 Å². The second-order valence-corrected chi connectivity index (χ2v) is 8.12. The maximum Gasteiger partial charge on any atom is 0.363 e. The highest BCUT2D eigenvalue weighted by Gasteiger charge is 2.26. The van der Waals surface area contributed by atoms with E-state index < -0.39 is 16.0 Å². The van der Waals surface area contributed by atoms with E-state index in [1.807, 2.05) is 6.07 Å². The summed E-state index contributed by atoms with van der Waals surface area (Å²) in [5.74, 6) is -0.508. The van der Waals surface area contributed by atoms with E-state index in [0.29, 0.717) is 29.8 Å². The Morgan fingerprint density at radius 1 is 1.14 bits per heavy atom. The minimum atomic E-state index is -3.56. The van der Waals surface area contributed by atoms with Crippen LogP contribution in [0.3, 0.4) is 0 Å². The molecule has 0 amide bonds. The Hall–Kier alpha value is -3.28. The molecular weight excluding hydrogens is 390 g/mol. The standard InChI is InChI=1S/C21H19N3O4S/c1-3-24(4-2)29(26,27)18-10-8-17(9-11-18)20-23-19(21(25)28-20)13-15-6-5-7-16(12-15)14-22/h5-13H,3-4H2,1-2H3/b19-13-. The number of aliphatic imine (C=N–C) groups is 1. The van der Waals surface area contributed by atoms with Crippen molar-refractivity contribution in [2.75, 3.05) is 13.1 Å². The zero-order valence-corrected chi connectivity index (χ0v) is 16.8. The molecule has 1 heterocycles. The topological polar surface area (TPSA) is 99.8 Å². The average Bonchev–Trinajstić information content (AvgIpc) is 3.09. The third kappa shape index (κ3) is 4.26. The molecule has 2 aromatic rings. The molecule has 0 fully saturated rings. The second-order valence-electron chi connectivity index (χ2n) is 6.19. The van der Waals surface area contributed by atoms with Crippen molar-refractivity contribution in [2.45, 2.75) is 18.7 Å². The number of sulfonamides is 1. The number of ether oxygens (including phenoxy) is 1. The molecule has 0 N–H and O–H groups in total. The van der Waals surface area contributed by atoms with Crippen LogP contribution in [0.1, 0.15) is 30.5 Å². The highest BCUT2D eigenvalue weighted by atomic mass is 32.2. The lowest BCUT2D eigenvalue weighted by molar-refractivity contribution is -0.129. The van der Waals surface area contributed by atoms with Crippen molar-refractivity contribution in [3.05, 3.63) is 70.9 Å². The fourth-order valence-electron chi connectivity index (χ4n) is 2.87. The highest BCUT2D eigenvalue weighted by Crippen LogP contribution is 2.22. The van der Waals surface area contributed by atoms with Gasteiger partial charge in [-0.05, 0) is 48.0 Å². The number of carbonyl (C=O) groups is 1. The van der Waals surface area contributed by atoms with E-state index in [1.165, 1.54) is 22.5 Å². The fourth-order valence-corrected chi connectivity index (χ4v) is 4.33. The summed E-state index contributed by atoms with van der Waals surface area (Å²) >= 11 is 0. The normalized spacial score (nSPS) is 15.3. The van der Waals surface area contributed by atoms with Crippen molar-refractivity contribution in [1.82, 2.24) is 4.31 Å². The number of hydrogen-bond acceptors (Lipinski definition) is 6. The van der Waals surface area contributed by atoms with Gasteiger partial charge in [0, 0.05) is 18.7 Å². The van der Waals surface area contributed by atoms with Gasteiger partial charge >= 0.3 is 5.97 Å². The summed E-state index contributed by atoms with van der Waals surface area (Å²) in [6.07, 6.45) is 1.54. The first-order valence-electron chi connectivity index (χ1n) is 9.02. The molecule has 3 rings (SSSR count). The molecule has 148 valence electrons. The SMILES string of the molecule is CCN(CC)S(=O)(=O)c1ccc(C2=N/C(=C\c3cccc(C#N)c3)C(=O)O2)cc1. The van der Waals surface area contributed by atoms with Crippen LogP contribution < -0.4 is 0 Å². The van der Waals surface area contributed by atoms with E-state index in [1.54, 1.807) is 50.2 Å². The van der Waals surface area contributed by atoms with Crippen molar-refractivity contribution >= 4 is 28.0 Å². The zero-order chi connectivity index (χ0) is 21.0. The lowest BCUT2D eigenvalue weighted by Crippen LogP contribution is -2.30. The second kappa shape index (κ2) is 8.39. The lowest BCUT2D eigenvalue weighted by Gasteiger charge is -2.18. The molecule has 0 unspecified atom stereocenters. The molecule has 7 nitrogen and oxygen atoms in total. The van der Waals surface area contributed by atoms with Crippen molar-refractivity contribution in [3.8, 4) is 6.07 Å². The number of cyclic esters (lactones) is 1. The molecule has 8 heteroatoms. The van der Waals surface area contributed by atoms with Gasteiger partial charge in [-0.1, -0.05) is 26.0 Å². The van der Waals surface area contributed by atoms with Crippen molar-refractivity contribution in [2.24, 2.45) is 4.99 Å². The van der Waals surface area contributed by atoms with Crippen LogP contribution in [0.5, 0.6) is 0 Å². The summed E-state index contributed by atoms with van der Waals surface area (Å²) < 4.78 is 31.7. The number of nitrogens with zero attached hydrogens (tertiary/aromatic N) is 3. The van der Waals surface area contributed by atoms with Crippen LogP contribution in [0.4, 0.5) is 0 Å². The summed E-state index contributed by atoms with van der Waals surface area (Å²) in [5, 5.41) is 8.98. The summed E-state index contributed by atoms with van der Waals surface area (Å²) in [6.45, 7) is 4.32. The minimum absolute atomic E-state index is 0.101. The lowest BCUT2D eigenvalue weighted by atomic mass is 10.1. The van der Waals surface area contributed by atoms with Gasteiger partial charge in [0.1, 0.15) is 0 Å². The maximum atomic E-state index is 12.6. The van der Waals surface area contributed by atoms with Gasteiger partial charge in [0.2, 0.25) is 15.9 Å². The number of rotatable bonds is 6. The number of hydrogen-bond donors (Lipinski definition) is 0. The summed E-state index contributed by atoms with van der Waals surface area (Å²) in [5.41, 5.74) is 1.72. The Kier molecular flexibility index (Phi) is 5.92. The molecule has 2 aromatic carbocycles. The van der Waals surface area contributed by atoms with E-state index in [4.69, 9.17) is 10.00 Å². The van der Waals surface area contributed by atoms with Crippen LogP contribution in [-0.2, 0) is 19.6 Å². The summed E-state index contributed by atoms with van der Waals surface area (Å²) in [7, 11) is -3.56. The first-order valence-corrected chi connectivity index (χ1v) is 10.5. The van der Waals surface area contributed by atoms with Crippen molar-refractivity contribution in [3.63, 3.8) is 0 Å². The zero-order valence-electron chi connectivity index (χ0n) is 16.0. The third-order valence-corrected chi connectivity index (χ3v) is 6.45. The van der Waals surface area contributed by atoms with E-state index >= 15 is 0 Å². The van der Waals surface area contributed by atoms with Crippen molar-refractivity contribution < 1.29 is 17.9 Å². The predicted octanol–water partition coefficient (Wildman–Crippen LogP) is 2.93. The van der Waals surface area contributed by atoms with Gasteiger partial charge in [-0.15, -0.1) is 0 Å². The molecule has 0 radical (unpaired) electrons. The molecular formula is C21H19N3O4S. The Morgan fingerprint density at radius 2 is 1.83 bits per heavy atom. The Labute approximate surface area is 169 Å². The van der Waals surface area contributed by atoms with Gasteiger partial charge in [0.05, 0.1) is 16.5 Å². The molecule has 0 atom stereocenters.